The van der Waals surface area contributed by atoms with Crippen LogP contribution in [0.3, 0.4) is 0 Å². The van der Waals surface area contributed by atoms with Crippen molar-refractivity contribution in [2.24, 2.45) is 0 Å². The predicted molar refractivity (Wildman–Crippen MR) is 93.4 cm³/mol. The number of nitrogens with zero attached hydrogens (tertiary/aromatic N) is 1. The summed E-state index contributed by atoms with van der Waals surface area (Å²) in [7, 11) is 0. The Hall–Kier alpha value is -1.84. The molecule has 23 heavy (non-hydrogen) atoms. The van der Waals surface area contributed by atoms with Crippen LogP contribution in [-0.2, 0) is 14.3 Å². The molecule has 0 aliphatic rings. The van der Waals surface area contributed by atoms with Crippen molar-refractivity contribution in [2.75, 3.05) is 18.1 Å². The van der Waals surface area contributed by atoms with Crippen LogP contribution < -0.4 is 4.90 Å². The van der Waals surface area contributed by atoms with Gasteiger partial charge < -0.3 is 9.64 Å². The van der Waals surface area contributed by atoms with Crippen molar-refractivity contribution in [3.63, 3.8) is 0 Å². The fourth-order valence-corrected chi connectivity index (χ4v) is 2.40. The molecule has 0 heterocycles. The summed E-state index contributed by atoms with van der Waals surface area (Å²) < 4.78 is 5.15. The van der Waals surface area contributed by atoms with Crippen LogP contribution in [0.2, 0.25) is 0 Å². The second kappa shape index (κ2) is 11.7. The van der Waals surface area contributed by atoms with Crippen LogP contribution in [0.25, 0.3) is 0 Å². The van der Waals surface area contributed by atoms with E-state index in [1.807, 2.05) is 37.3 Å². The Labute approximate surface area is 139 Å². The highest BCUT2D eigenvalue weighted by atomic mass is 16.5. The third-order valence-corrected chi connectivity index (χ3v) is 3.72. The van der Waals surface area contributed by atoms with Crippen LogP contribution in [0.1, 0.15) is 58.8 Å². The van der Waals surface area contributed by atoms with E-state index in [9.17, 15) is 9.59 Å². The summed E-state index contributed by atoms with van der Waals surface area (Å²) in [5.41, 5.74) is 0.926. The minimum absolute atomic E-state index is 0.106. The number of hydrogen-bond donors (Lipinski definition) is 0. The zero-order valence-corrected chi connectivity index (χ0v) is 14.4. The lowest BCUT2D eigenvalue weighted by atomic mass is 10.1. The number of unbranched alkanes of at least 4 members (excludes halogenated alkanes) is 3. The molecule has 1 aromatic rings. The number of benzene rings is 1. The lowest BCUT2D eigenvalue weighted by Gasteiger charge is -2.20. The van der Waals surface area contributed by atoms with Crippen LogP contribution in [0, 0.1) is 0 Å². The summed E-state index contributed by atoms with van der Waals surface area (Å²) in [6, 6.07) is 9.68. The number of carbonyl (C=O) groups is 2. The third-order valence-electron chi connectivity index (χ3n) is 3.72. The molecule has 1 aromatic carbocycles. The third kappa shape index (κ3) is 7.82. The average molecular weight is 319 g/mol. The number of carbonyl (C=O) groups excluding carboxylic acids is 2. The van der Waals surface area contributed by atoms with E-state index in [1.165, 1.54) is 0 Å². The molecular formula is C19H29NO3. The highest BCUT2D eigenvalue weighted by Gasteiger charge is 2.13. The number of ether oxygens (including phenoxy) is 1. The molecule has 0 unspecified atom stereocenters. The first-order valence-electron chi connectivity index (χ1n) is 8.70. The molecule has 0 aliphatic carbocycles. The SMILES string of the molecule is CCCCCOC(=O)CCCCC(=O)N(CC)c1ccccc1. The summed E-state index contributed by atoms with van der Waals surface area (Å²) in [4.78, 5) is 25.6. The van der Waals surface area contributed by atoms with Crippen molar-refractivity contribution >= 4 is 17.6 Å². The van der Waals surface area contributed by atoms with Gasteiger partial charge in [0.25, 0.3) is 0 Å². The standard InChI is InChI=1S/C19H29NO3/c1-3-5-11-16-23-19(22)15-10-9-14-18(21)20(4-2)17-12-7-6-8-13-17/h6-8,12-13H,3-5,9-11,14-16H2,1-2H3. The number of rotatable bonds is 11. The van der Waals surface area contributed by atoms with Crippen molar-refractivity contribution in [3.05, 3.63) is 30.3 Å². The molecule has 0 aromatic heterocycles. The van der Waals surface area contributed by atoms with Gasteiger partial charge in [-0.15, -0.1) is 0 Å². The molecule has 128 valence electrons. The summed E-state index contributed by atoms with van der Waals surface area (Å²) in [5.74, 6) is -0.0426. The monoisotopic (exact) mass is 319 g/mol. The van der Waals surface area contributed by atoms with Gasteiger partial charge in [-0.2, -0.15) is 0 Å². The van der Waals surface area contributed by atoms with E-state index in [1.54, 1.807) is 4.90 Å². The molecule has 0 saturated heterocycles. The van der Waals surface area contributed by atoms with Crippen molar-refractivity contribution < 1.29 is 14.3 Å². The minimum atomic E-state index is -0.149. The van der Waals surface area contributed by atoms with Gasteiger partial charge in [0.2, 0.25) is 5.91 Å². The van der Waals surface area contributed by atoms with Gasteiger partial charge in [-0.25, -0.2) is 0 Å². The molecule has 0 spiro atoms. The van der Waals surface area contributed by atoms with Crippen LogP contribution in [-0.4, -0.2) is 25.0 Å². The minimum Gasteiger partial charge on any atom is -0.466 e. The van der Waals surface area contributed by atoms with Gasteiger partial charge >= 0.3 is 5.97 Å². The van der Waals surface area contributed by atoms with Crippen molar-refractivity contribution in [2.45, 2.75) is 58.8 Å². The summed E-state index contributed by atoms with van der Waals surface area (Å²) in [6.07, 6.45) is 5.42. The summed E-state index contributed by atoms with van der Waals surface area (Å²) >= 11 is 0. The van der Waals surface area contributed by atoms with Gasteiger partial charge in [-0.3, -0.25) is 9.59 Å². The molecule has 0 aliphatic heterocycles. The summed E-state index contributed by atoms with van der Waals surface area (Å²) in [5, 5.41) is 0. The smallest absolute Gasteiger partial charge is 0.305 e. The second-order valence-corrected chi connectivity index (χ2v) is 5.61. The van der Waals surface area contributed by atoms with Crippen LogP contribution in [0.15, 0.2) is 30.3 Å². The maximum absolute atomic E-state index is 12.3. The van der Waals surface area contributed by atoms with Gasteiger partial charge in [0.05, 0.1) is 6.61 Å². The first kappa shape index (κ1) is 19.2. The molecule has 0 fully saturated rings. The molecular weight excluding hydrogens is 290 g/mol. The highest BCUT2D eigenvalue weighted by Crippen LogP contribution is 2.15. The number of hydrogen-bond acceptors (Lipinski definition) is 3. The van der Waals surface area contributed by atoms with E-state index < -0.39 is 0 Å². The number of anilines is 1. The zero-order chi connectivity index (χ0) is 16.9. The molecule has 0 saturated carbocycles. The maximum Gasteiger partial charge on any atom is 0.305 e. The quantitative estimate of drug-likeness (QED) is 0.450. The second-order valence-electron chi connectivity index (χ2n) is 5.61. The lowest BCUT2D eigenvalue weighted by Crippen LogP contribution is -2.30. The Morgan fingerprint density at radius 2 is 1.65 bits per heavy atom. The van der Waals surface area contributed by atoms with Gasteiger partial charge in [-0.1, -0.05) is 38.0 Å². The lowest BCUT2D eigenvalue weighted by molar-refractivity contribution is -0.144. The van der Waals surface area contributed by atoms with Crippen LogP contribution in [0.5, 0.6) is 0 Å². The Bertz CT molecular complexity index is 459. The summed E-state index contributed by atoms with van der Waals surface area (Å²) in [6.45, 7) is 5.26. The highest BCUT2D eigenvalue weighted by molar-refractivity contribution is 5.93. The van der Waals surface area contributed by atoms with E-state index >= 15 is 0 Å². The number of amides is 1. The average Bonchev–Trinajstić information content (AvgIpc) is 2.57. The molecule has 4 nitrogen and oxygen atoms in total. The van der Waals surface area contributed by atoms with E-state index in [0.717, 1.165) is 24.9 Å². The van der Waals surface area contributed by atoms with Crippen LogP contribution in [0.4, 0.5) is 5.69 Å². The van der Waals surface area contributed by atoms with Crippen molar-refractivity contribution in [1.29, 1.82) is 0 Å². The molecule has 4 heteroatoms. The Balaban J connectivity index is 2.21. The molecule has 0 atom stereocenters. The zero-order valence-electron chi connectivity index (χ0n) is 14.4. The first-order chi connectivity index (χ1) is 11.2. The number of esters is 1. The Kier molecular flexibility index (Phi) is 9.76. The number of para-hydroxylation sites is 1. The van der Waals surface area contributed by atoms with Gasteiger partial charge in [-0.05, 0) is 38.3 Å². The van der Waals surface area contributed by atoms with E-state index in [2.05, 4.69) is 6.92 Å². The Morgan fingerprint density at radius 3 is 2.30 bits per heavy atom. The van der Waals surface area contributed by atoms with E-state index in [0.29, 0.717) is 38.8 Å². The molecule has 1 amide bonds. The van der Waals surface area contributed by atoms with Crippen LogP contribution >= 0.6 is 0 Å². The van der Waals surface area contributed by atoms with Crippen molar-refractivity contribution in [3.8, 4) is 0 Å². The fraction of sp³-hybridized carbons (Fsp3) is 0.579. The molecule has 1 rings (SSSR count). The molecule has 0 N–H and O–H groups in total. The van der Waals surface area contributed by atoms with E-state index in [4.69, 9.17) is 4.74 Å². The van der Waals surface area contributed by atoms with Crippen molar-refractivity contribution in [1.82, 2.24) is 0 Å². The van der Waals surface area contributed by atoms with Gasteiger partial charge in [0, 0.05) is 25.1 Å². The fourth-order valence-electron chi connectivity index (χ4n) is 2.40. The normalized spacial score (nSPS) is 10.3. The topological polar surface area (TPSA) is 46.6 Å². The first-order valence-corrected chi connectivity index (χ1v) is 8.70. The molecule has 0 radical (unpaired) electrons. The van der Waals surface area contributed by atoms with E-state index in [-0.39, 0.29) is 11.9 Å². The maximum atomic E-state index is 12.3. The molecule has 0 bridgehead atoms. The van der Waals surface area contributed by atoms with Gasteiger partial charge in [0.1, 0.15) is 0 Å². The van der Waals surface area contributed by atoms with Gasteiger partial charge in [0.15, 0.2) is 0 Å². The Morgan fingerprint density at radius 1 is 0.957 bits per heavy atom. The largest absolute Gasteiger partial charge is 0.466 e. The predicted octanol–water partition coefficient (Wildman–Crippen LogP) is 4.33.